The minimum atomic E-state index is 0.386. The van der Waals surface area contributed by atoms with Crippen LogP contribution in [-0.4, -0.2) is 5.25 Å². The third-order valence-corrected chi connectivity index (χ3v) is 3.29. The molecule has 0 radical (unpaired) electrons. The third kappa shape index (κ3) is 5.09. The Balaban J connectivity index is 4.54. The van der Waals surface area contributed by atoms with E-state index in [0.29, 0.717) is 16.6 Å². The summed E-state index contributed by atoms with van der Waals surface area (Å²) >= 11 is 4.48. The Morgan fingerprint density at radius 2 is 1.50 bits per heavy atom. The highest BCUT2D eigenvalue weighted by atomic mass is 32.1. The van der Waals surface area contributed by atoms with Crippen molar-refractivity contribution in [2.45, 2.75) is 60.1 Å². The van der Waals surface area contributed by atoms with Gasteiger partial charge in [0.05, 0.1) is 0 Å². The van der Waals surface area contributed by atoms with E-state index in [-0.39, 0.29) is 0 Å². The van der Waals surface area contributed by atoms with E-state index in [0.717, 1.165) is 0 Å². The van der Waals surface area contributed by atoms with Crippen LogP contribution in [0.3, 0.4) is 0 Å². The molecule has 0 spiro atoms. The summed E-state index contributed by atoms with van der Waals surface area (Å²) < 4.78 is 0. The first-order valence-electron chi connectivity index (χ1n) is 5.50. The maximum atomic E-state index is 4.48. The molecule has 0 fully saturated rings. The molecule has 0 heterocycles. The number of rotatable bonds is 3. The standard InChI is InChI=1S/C13H26S/c1-9(8-13(5,6)7)10(2)11(3)12(4)14/h9,12,14H,8H2,1-7H3/b11-10+/t9-,12?/m0/s1. The summed E-state index contributed by atoms with van der Waals surface area (Å²) in [4.78, 5) is 0. The van der Waals surface area contributed by atoms with Gasteiger partial charge in [-0.05, 0) is 38.5 Å². The Labute approximate surface area is 95.6 Å². The second kappa shape index (κ2) is 5.25. The molecule has 0 N–H and O–H groups in total. The first-order valence-corrected chi connectivity index (χ1v) is 6.02. The lowest BCUT2D eigenvalue weighted by Crippen LogP contribution is -2.13. The van der Waals surface area contributed by atoms with Crippen molar-refractivity contribution in [1.82, 2.24) is 0 Å². The molecule has 84 valence electrons. The van der Waals surface area contributed by atoms with Gasteiger partial charge in [0.25, 0.3) is 0 Å². The van der Waals surface area contributed by atoms with E-state index >= 15 is 0 Å². The van der Waals surface area contributed by atoms with Crippen molar-refractivity contribution in [2.75, 3.05) is 0 Å². The van der Waals surface area contributed by atoms with Gasteiger partial charge in [-0.25, -0.2) is 0 Å². The van der Waals surface area contributed by atoms with Crippen molar-refractivity contribution in [3.05, 3.63) is 11.1 Å². The zero-order valence-corrected chi connectivity index (χ0v) is 11.7. The molecule has 0 saturated carbocycles. The molecule has 0 aromatic heterocycles. The van der Waals surface area contributed by atoms with E-state index in [1.165, 1.54) is 17.6 Å². The molecule has 0 rings (SSSR count). The summed E-state index contributed by atoms with van der Waals surface area (Å²) in [6.07, 6.45) is 1.25. The van der Waals surface area contributed by atoms with Gasteiger partial charge in [-0.1, -0.05) is 38.8 Å². The van der Waals surface area contributed by atoms with Crippen LogP contribution in [0.4, 0.5) is 0 Å². The van der Waals surface area contributed by atoms with E-state index in [2.05, 4.69) is 61.1 Å². The molecular formula is C13H26S. The van der Waals surface area contributed by atoms with Crippen LogP contribution in [0.1, 0.15) is 54.9 Å². The van der Waals surface area contributed by atoms with Crippen LogP contribution >= 0.6 is 12.6 Å². The van der Waals surface area contributed by atoms with Crippen LogP contribution in [0.25, 0.3) is 0 Å². The molecule has 0 aromatic rings. The van der Waals surface area contributed by atoms with Crippen molar-refractivity contribution in [3.63, 3.8) is 0 Å². The average Bonchev–Trinajstić information content (AvgIpc) is 1.98. The Kier molecular flexibility index (Phi) is 5.28. The molecule has 0 aliphatic heterocycles. The Morgan fingerprint density at radius 3 is 1.79 bits per heavy atom. The predicted molar refractivity (Wildman–Crippen MR) is 70.1 cm³/mol. The summed E-state index contributed by atoms with van der Waals surface area (Å²) in [6.45, 7) is 15.8. The summed E-state index contributed by atoms with van der Waals surface area (Å²) in [5, 5.41) is 0.386. The van der Waals surface area contributed by atoms with Crippen molar-refractivity contribution in [2.24, 2.45) is 11.3 Å². The van der Waals surface area contributed by atoms with Crippen molar-refractivity contribution in [1.29, 1.82) is 0 Å². The quantitative estimate of drug-likeness (QED) is 0.510. The smallest absolute Gasteiger partial charge is 0.0197 e. The zero-order valence-electron chi connectivity index (χ0n) is 10.8. The highest BCUT2D eigenvalue weighted by Gasteiger charge is 2.17. The summed E-state index contributed by atoms with van der Waals surface area (Å²) in [6, 6.07) is 0. The molecule has 1 unspecified atom stereocenters. The van der Waals surface area contributed by atoms with Gasteiger partial charge >= 0.3 is 0 Å². The minimum Gasteiger partial charge on any atom is -0.172 e. The largest absolute Gasteiger partial charge is 0.172 e. The first-order chi connectivity index (χ1) is 6.15. The Bertz CT molecular complexity index is 206. The van der Waals surface area contributed by atoms with E-state index in [1.54, 1.807) is 0 Å². The zero-order chi connectivity index (χ0) is 11.5. The van der Waals surface area contributed by atoms with E-state index < -0.39 is 0 Å². The highest BCUT2D eigenvalue weighted by Crippen LogP contribution is 2.30. The minimum absolute atomic E-state index is 0.386. The molecular weight excluding hydrogens is 188 g/mol. The summed E-state index contributed by atoms with van der Waals surface area (Å²) in [5.74, 6) is 0.671. The lowest BCUT2D eigenvalue weighted by atomic mass is 9.81. The normalized spacial score (nSPS) is 18.9. The lowest BCUT2D eigenvalue weighted by molar-refractivity contribution is 0.328. The fourth-order valence-corrected chi connectivity index (χ4v) is 1.99. The Morgan fingerprint density at radius 1 is 1.07 bits per heavy atom. The van der Waals surface area contributed by atoms with Crippen molar-refractivity contribution in [3.8, 4) is 0 Å². The van der Waals surface area contributed by atoms with Gasteiger partial charge in [-0.2, -0.15) is 12.6 Å². The summed E-state index contributed by atoms with van der Waals surface area (Å²) in [5.41, 5.74) is 3.37. The molecule has 0 bridgehead atoms. The maximum Gasteiger partial charge on any atom is 0.0197 e. The van der Waals surface area contributed by atoms with Gasteiger partial charge in [0.2, 0.25) is 0 Å². The van der Waals surface area contributed by atoms with E-state index in [1.807, 2.05) is 0 Å². The van der Waals surface area contributed by atoms with Gasteiger partial charge in [-0.15, -0.1) is 0 Å². The molecule has 0 amide bonds. The molecule has 0 aliphatic rings. The number of hydrogen-bond acceptors (Lipinski definition) is 1. The van der Waals surface area contributed by atoms with Crippen LogP contribution in [0.5, 0.6) is 0 Å². The predicted octanol–water partition coefficient (Wildman–Crippen LogP) is 4.71. The maximum absolute atomic E-state index is 4.48. The fraction of sp³-hybridized carbons (Fsp3) is 0.846. The third-order valence-electron chi connectivity index (χ3n) is 2.91. The van der Waals surface area contributed by atoms with E-state index in [4.69, 9.17) is 0 Å². The number of hydrogen-bond donors (Lipinski definition) is 1. The lowest BCUT2D eigenvalue weighted by Gasteiger charge is -2.25. The fourth-order valence-electron chi connectivity index (χ4n) is 1.79. The van der Waals surface area contributed by atoms with Gasteiger partial charge < -0.3 is 0 Å². The molecule has 0 nitrogen and oxygen atoms in total. The number of allylic oxidation sites excluding steroid dienone is 1. The Hall–Kier alpha value is 0.0900. The van der Waals surface area contributed by atoms with Crippen molar-refractivity contribution >= 4 is 12.6 Å². The first kappa shape index (κ1) is 14.1. The molecule has 0 aromatic carbocycles. The monoisotopic (exact) mass is 214 g/mol. The molecule has 2 atom stereocenters. The van der Waals surface area contributed by atoms with Crippen LogP contribution in [-0.2, 0) is 0 Å². The van der Waals surface area contributed by atoms with Gasteiger partial charge in [0, 0.05) is 5.25 Å². The second-order valence-electron chi connectivity index (χ2n) is 5.71. The average molecular weight is 214 g/mol. The topological polar surface area (TPSA) is 0 Å². The van der Waals surface area contributed by atoms with Crippen LogP contribution in [0.2, 0.25) is 0 Å². The van der Waals surface area contributed by atoms with Gasteiger partial charge in [-0.3, -0.25) is 0 Å². The number of thiol groups is 1. The van der Waals surface area contributed by atoms with Crippen molar-refractivity contribution < 1.29 is 0 Å². The second-order valence-corrected chi connectivity index (χ2v) is 6.48. The molecule has 0 saturated heterocycles. The summed E-state index contributed by atoms with van der Waals surface area (Å²) in [7, 11) is 0. The van der Waals surface area contributed by atoms with Gasteiger partial charge in [0.15, 0.2) is 0 Å². The molecule has 1 heteroatoms. The van der Waals surface area contributed by atoms with Crippen LogP contribution in [0, 0.1) is 11.3 Å². The van der Waals surface area contributed by atoms with Crippen LogP contribution < -0.4 is 0 Å². The molecule has 14 heavy (non-hydrogen) atoms. The van der Waals surface area contributed by atoms with E-state index in [9.17, 15) is 0 Å². The van der Waals surface area contributed by atoms with Crippen LogP contribution in [0.15, 0.2) is 11.1 Å². The molecule has 0 aliphatic carbocycles. The highest BCUT2D eigenvalue weighted by molar-refractivity contribution is 7.81. The SMILES string of the molecule is C/C(=C(/C)[C@@H](C)CC(C)(C)C)C(C)S. The van der Waals surface area contributed by atoms with Gasteiger partial charge in [0.1, 0.15) is 0 Å².